The number of rotatable bonds is 14. The Bertz CT molecular complexity index is 847. The van der Waals surface area contributed by atoms with Gasteiger partial charge in [-0.25, -0.2) is 0 Å². The molecule has 0 aliphatic carbocycles. The molecule has 182 valence electrons. The number of hydrogen-bond acceptors (Lipinski definition) is 4. The average molecular weight is 586 g/mol. The van der Waals surface area contributed by atoms with Gasteiger partial charge in [-0.2, -0.15) is 0 Å². The summed E-state index contributed by atoms with van der Waals surface area (Å²) in [7, 11) is -1.96. The first-order valence-corrected chi connectivity index (χ1v) is 23.9. The molecular weight excluding hydrogens is 539 g/mol. The molecule has 0 aliphatic heterocycles. The van der Waals surface area contributed by atoms with Crippen molar-refractivity contribution in [3.8, 4) is 0 Å². The maximum absolute atomic E-state index is 13.1. The molecule has 0 spiro atoms. The van der Waals surface area contributed by atoms with Gasteiger partial charge >= 0.3 is 206 Å². The van der Waals surface area contributed by atoms with Crippen LogP contribution in [0.5, 0.6) is 0 Å². The molecule has 0 saturated carbocycles. The van der Waals surface area contributed by atoms with Crippen LogP contribution in [0.3, 0.4) is 0 Å². The first kappa shape index (κ1) is 28.1. The molecule has 0 bridgehead atoms. The molecule has 4 nitrogen and oxygen atoms in total. The summed E-state index contributed by atoms with van der Waals surface area (Å²) < 4.78 is 14.4. The predicted octanol–water partition coefficient (Wildman–Crippen LogP) is 7.66. The average Bonchev–Trinajstić information content (AvgIpc) is 3.33. The van der Waals surface area contributed by atoms with E-state index in [2.05, 4.69) is 69.4 Å². The van der Waals surface area contributed by atoms with Crippen LogP contribution in [0.1, 0.15) is 90.6 Å². The van der Waals surface area contributed by atoms with Gasteiger partial charge in [-0.3, -0.25) is 0 Å². The van der Waals surface area contributed by atoms with Gasteiger partial charge in [-0.1, -0.05) is 0 Å². The van der Waals surface area contributed by atoms with Crippen molar-refractivity contribution >= 4 is 52.4 Å². The standard InChI is InChI=1S/C13H19N2O2SSi.3C4H9.Sn/c1-13(2,3)19(4,5)17-8-10(16)11-12-15(9-14-11)6-7-18-12;3*1-3-4-2;/h7,9H,8H2,1-5H3;3*1,3-4H2,2H3;. The molecule has 2 aromatic heterocycles. The van der Waals surface area contributed by atoms with E-state index < -0.39 is 26.7 Å². The third-order valence-corrected chi connectivity index (χ3v) is 28.9. The minimum atomic E-state index is -2.58. The molecule has 0 N–H and O–H groups in total. The van der Waals surface area contributed by atoms with Gasteiger partial charge in [-0.05, 0) is 0 Å². The summed E-state index contributed by atoms with van der Waals surface area (Å²) in [5, 5.41) is 2.50. The quantitative estimate of drug-likeness (QED) is 0.169. The maximum atomic E-state index is 13.1. The van der Waals surface area contributed by atoms with E-state index >= 15 is 0 Å². The second kappa shape index (κ2) is 12.0. The Kier molecular flexibility index (Phi) is 10.5. The molecule has 0 aromatic carbocycles. The normalized spacial score (nSPS) is 13.2. The van der Waals surface area contributed by atoms with Crippen LogP contribution in [0.2, 0.25) is 31.4 Å². The minimum absolute atomic E-state index is 0.0298. The molecule has 2 aromatic rings. The summed E-state index contributed by atoms with van der Waals surface area (Å²) in [5.74, 6) is 0.0298. The first-order valence-electron chi connectivity index (χ1n) is 12.6. The zero-order valence-electron chi connectivity index (χ0n) is 21.8. The van der Waals surface area contributed by atoms with Crippen LogP contribution in [0, 0.1) is 0 Å². The number of Topliss-reactive ketones (excluding diaryl/α,β-unsaturated/α-hetero) is 1. The van der Waals surface area contributed by atoms with Crippen LogP contribution < -0.4 is 3.71 Å². The Labute approximate surface area is 205 Å². The number of unbranched alkanes of at least 4 members (excludes halogenated alkanes) is 3. The number of thiazole rings is 1. The second-order valence-corrected chi connectivity index (χ2v) is 29.7. The van der Waals surface area contributed by atoms with Crippen molar-refractivity contribution in [1.82, 2.24) is 9.38 Å². The number of hydrogen-bond donors (Lipinski definition) is 0. The SMILES string of the molecule is CCC[CH2][Sn]([CH2]CCC)([CH2]CCC)[c]1csc2c(C(=O)CO[Si](C)(C)C(C)(C)C)ncn12. The fourth-order valence-corrected chi connectivity index (χ4v) is 24.2. The summed E-state index contributed by atoms with van der Waals surface area (Å²) in [6.07, 6.45) is 9.75. The van der Waals surface area contributed by atoms with Crippen molar-refractivity contribution in [2.24, 2.45) is 0 Å². The van der Waals surface area contributed by atoms with Crippen LogP contribution >= 0.6 is 11.3 Å². The van der Waals surface area contributed by atoms with Gasteiger partial charge in [0.15, 0.2) is 0 Å². The van der Waals surface area contributed by atoms with Gasteiger partial charge in [0.25, 0.3) is 0 Å². The van der Waals surface area contributed by atoms with E-state index in [0.717, 1.165) is 4.83 Å². The summed E-state index contributed by atoms with van der Waals surface area (Å²) in [4.78, 5) is 18.8. The molecule has 0 unspecified atom stereocenters. The molecule has 0 saturated heterocycles. The number of nitrogens with zero attached hydrogens (tertiary/aromatic N) is 2. The number of ketones is 1. The van der Waals surface area contributed by atoms with Gasteiger partial charge in [0, 0.05) is 0 Å². The van der Waals surface area contributed by atoms with Crippen molar-refractivity contribution in [2.45, 2.75) is 112 Å². The topological polar surface area (TPSA) is 43.6 Å². The van der Waals surface area contributed by atoms with E-state index in [1.165, 1.54) is 51.8 Å². The van der Waals surface area contributed by atoms with Crippen molar-refractivity contribution in [3.63, 3.8) is 0 Å². The Morgan fingerprint density at radius 2 is 1.59 bits per heavy atom. The Balaban J connectivity index is 2.36. The van der Waals surface area contributed by atoms with Crippen molar-refractivity contribution in [2.75, 3.05) is 6.61 Å². The van der Waals surface area contributed by atoms with E-state index in [4.69, 9.17) is 4.43 Å². The van der Waals surface area contributed by atoms with Crippen molar-refractivity contribution in [1.29, 1.82) is 0 Å². The molecular formula is C25H46N2O2SSiSn. The Morgan fingerprint density at radius 3 is 2.06 bits per heavy atom. The fraction of sp³-hybridized carbons (Fsp3) is 0.760. The molecule has 32 heavy (non-hydrogen) atoms. The molecule has 7 heteroatoms. The summed E-state index contributed by atoms with van der Waals surface area (Å²) >= 11 is -0.848. The van der Waals surface area contributed by atoms with Crippen molar-refractivity contribution in [3.05, 3.63) is 17.4 Å². The molecule has 0 radical (unpaired) electrons. The van der Waals surface area contributed by atoms with Crippen LogP contribution in [-0.4, -0.2) is 48.5 Å². The molecule has 2 heterocycles. The van der Waals surface area contributed by atoms with Crippen molar-refractivity contribution < 1.29 is 9.22 Å². The number of carbonyl (C=O) groups excluding carboxylic acids is 1. The van der Waals surface area contributed by atoms with Gasteiger partial charge in [0.2, 0.25) is 0 Å². The second-order valence-electron chi connectivity index (χ2n) is 11.0. The van der Waals surface area contributed by atoms with Gasteiger partial charge in [0.1, 0.15) is 0 Å². The summed E-state index contributed by atoms with van der Waals surface area (Å²) in [5.41, 5.74) is 0.613. The van der Waals surface area contributed by atoms with Crippen LogP contribution in [0.15, 0.2) is 11.7 Å². The van der Waals surface area contributed by atoms with Crippen LogP contribution in [0.25, 0.3) is 4.83 Å². The zero-order valence-corrected chi connectivity index (χ0v) is 26.5. The Hall–Kier alpha value is -0.184. The van der Waals surface area contributed by atoms with Crippen LogP contribution in [-0.2, 0) is 4.43 Å². The fourth-order valence-electron chi connectivity index (χ4n) is 4.20. The van der Waals surface area contributed by atoms with E-state index in [1.807, 2.05) is 6.33 Å². The number of aromatic nitrogens is 2. The van der Waals surface area contributed by atoms with Gasteiger partial charge in [0.05, 0.1) is 0 Å². The van der Waals surface area contributed by atoms with Crippen LogP contribution in [0.4, 0.5) is 0 Å². The monoisotopic (exact) mass is 586 g/mol. The number of carbonyl (C=O) groups is 1. The van der Waals surface area contributed by atoms with E-state index in [9.17, 15) is 4.79 Å². The molecule has 0 fully saturated rings. The third-order valence-electron chi connectivity index (χ3n) is 7.47. The molecule has 0 atom stereocenters. The predicted molar refractivity (Wildman–Crippen MR) is 145 cm³/mol. The van der Waals surface area contributed by atoms with E-state index in [0.29, 0.717) is 5.69 Å². The summed E-state index contributed by atoms with van der Waals surface area (Å²) in [6, 6.07) is 0. The molecule has 0 amide bonds. The number of imidazole rings is 1. The molecule has 0 aliphatic rings. The molecule has 2 rings (SSSR count). The first-order chi connectivity index (χ1) is 15.0. The Morgan fingerprint density at radius 1 is 1.06 bits per heavy atom. The van der Waals surface area contributed by atoms with E-state index in [-0.39, 0.29) is 17.4 Å². The van der Waals surface area contributed by atoms with Gasteiger partial charge in [-0.15, -0.1) is 0 Å². The number of fused-ring (bicyclic) bond motifs is 1. The summed E-state index contributed by atoms with van der Waals surface area (Å²) in [6.45, 7) is 18.1. The third kappa shape index (κ3) is 6.48. The van der Waals surface area contributed by atoms with E-state index in [1.54, 1.807) is 15.0 Å². The zero-order chi connectivity index (χ0) is 24.0. The van der Waals surface area contributed by atoms with Gasteiger partial charge < -0.3 is 0 Å².